The molecule has 1 aromatic carbocycles. The molecule has 0 saturated heterocycles. The van der Waals surface area contributed by atoms with Crippen LogP contribution in [0.2, 0.25) is 0 Å². The van der Waals surface area contributed by atoms with Crippen molar-refractivity contribution in [1.82, 2.24) is 4.98 Å². The van der Waals surface area contributed by atoms with Gasteiger partial charge in [-0.05, 0) is 24.6 Å². The van der Waals surface area contributed by atoms with Crippen LogP contribution in [0.1, 0.15) is 12.0 Å². The van der Waals surface area contributed by atoms with Crippen molar-refractivity contribution in [3.05, 3.63) is 40.2 Å². The minimum atomic E-state index is -0.957. The van der Waals surface area contributed by atoms with Crippen LogP contribution in [0.15, 0.2) is 29.1 Å². The number of benzene rings is 1. The standard InChI is InChI=1S/C12H11NO4/c14-10-3-1-2-9-8(10)6-7(12(17)13-9)4-5-11(15)16/h1-3,6,14H,4-5H2,(H,13,17)(H,15,16). The topological polar surface area (TPSA) is 90.4 Å². The zero-order valence-corrected chi connectivity index (χ0v) is 8.93. The van der Waals surface area contributed by atoms with Crippen LogP contribution in [0.4, 0.5) is 0 Å². The molecular weight excluding hydrogens is 222 g/mol. The Hall–Kier alpha value is -2.30. The fourth-order valence-corrected chi connectivity index (χ4v) is 1.68. The average molecular weight is 233 g/mol. The Bertz CT molecular complexity index is 630. The summed E-state index contributed by atoms with van der Waals surface area (Å²) in [5, 5.41) is 18.7. The summed E-state index contributed by atoms with van der Waals surface area (Å²) < 4.78 is 0. The first-order valence-corrected chi connectivity index (χ1v) is 5.13. The summed E-state index contributed by atoms with van der Waals surface area (Å²) >= 11 is 0. The zero-order chi connectivity index (χ0) is 12.4. The van der Waals surface area contributed by atoms with Crippen molar-refractivity contribution >= 4 is 16.9 Å². The molecule has 2 rings (SSSR count). The number of hydrogen-bond donors (Lipinski definition) is 3. The van der Waals surface area contributed by atoms with Gasteiger partial charge in [0.05, 0.1) is 5.52 Å². The second-order valence-corrected chi connectivity index (χ2v) is 3.76. The summed E-state index contributed by atoms with van der Waals surface area (Å²) in [6.07, 6.45) is 0.0388. The van der Waals surface area contributed by atoms with Gasteiger partial charge in [0.2, 0.25) is 0 Å². The Morgan fingerprint density at radius 3 is 2.82 bits per heavy atom. The molecule has 0 fully saturated rings. The number of nitrogens with one attached hydrogen (secondary N) is 1. The third-order valence-electron chi connectivity index (χ3n) is 2.55. The predicted octanol–water partition coefficient (Wildman–Crippen LogP) is 1.25. The van der Waals surface area contributed by atoms with E-state index in [-0.39, 0.29) is 24.2 Å². The Labute approximate surface area is 96.3 Å². The lowest BCUT2D eigenvalue weighted by Crippen LogP contribution is -2.13. The Morgan fingerprint density at radius 1 is 1.35 bits per heavy atom. The number of carbonyl (C=O) groups is 1. The first-order valence-electron chi connectivity index (χ1n) is 5.13. The average Bonchev–Trinajstić information content (AvgIpc) is 2.27. The first kappa shape index (κ1) is 11.2. The number of fused-ring (bicyclic) bond motifs is 1. The van der Waals surface area contributed by atoms with Gasteiger partial charge >= 0.3 is 5.97 Å². The zero-order valence-electron chi connectivity index (χ0n) is 8.93. The van der Waals surface area contributed by atoms with Crippen molar-refractivity contribution in [1.29, 1.82) is 0 Å². The molecule has 0 saturated carbocycles. The van der Waals surface area contributed by atoms with E-state index in [1.54, 1.807) is 12.1 Å². The van der Waals surface area contributed by atoms with Crippen molar-refractivity contribution in [3.63, 3.8) is 0 Å². The molecule has 0 unspecified atom stereocenters. The van der Waals surface area contributed by atoms with E-state index in [0.717, 1.165) is 0 Å². The lowest BCUT2D eigenvalue weighted by molar-refractivity contribution is -0.136. The number of aromatic hydroxyl groups is 1. The van der Waals surface area contributed by atoms with E-state index in [4.69, 9.17) is 5.11 Å². The molecule has 2 aromatic rings. The Kier molecular flexibility index (Phi) is 2.82. The molecule has 0 aliphatic carbocycles. The maximum atomic E-state index is 11.6. The number of aryl methyl sites for hydroxylation is 1. The van der Waals surface area contributed by atoms with Crippen LogP contribution in [-0.2, 0) is 11.2 Å². The number of aromatic nitrogens is 1. The lowest BCUT2D eigenvalue weighted by Gasteiger charge is -2.03. The number of carboxylic acid groups (broad SMARTS) is 1. The molecule has 0 atom stereocenters. The maximum absolute atomic E-state index is 11.6. The first-order chi connectivity index (χ1) is 8.08. The van der Waals surface area contributed by atoms with Gasteiger partial charge in [0.15, 0.2) is 0 Å². The van der Waals surface area contributed by atoms with Crippen LogP contribution >= 0.6 is 0 Å². The third-order valence-corrected chi connectivity index (χ3v) is 2.55. The number of aromatic amines is 1. The number of H-pyrrole nitrogens is 1. The summed E-state index contributed by atoms with van der Waals surface area (Å²) in [4.78, 5) is 24.7. The highest BCUT2D eigenvalue weighted by Crippen LogP contribution is 2.22. The number of pyridine rings is 1. The van der Waals surface area contributed by atoms with Gasteiger partial charge in [-0.3, -0.25) is 9.59 Å². The summed E-state index contributed by atoms with van der Waals surface area (Å²) in [6, 6.07) is 6.36. The van der Waals surface area contributed by atoms with Crippen LogP contribution in [0.25, 0.3) is 10.9 Å². The second kappa shape index (κ2) is 4.29. The van der Waals surface area contributed by atoms with E-state index >= 15 is 0 Å². The van der Waals surface area contributed by atoms with Gasteiger partial charge in [0.25, 0.3) is 5.56 Å². The number of phenolic OH excluding ortho intramolecular Hbond substituents is 1. The van der Waals surface area contributed by atoms with Crippen LogP contribution in [0.3, 0.4) is 0 Å². The van der Waals surface area contributed by atoms with Crippen LogP contribution in [0, 0.1) is 0 Å². The third kappa shape index (κ3) is 2.28. The highest BCUT2D eigenvalue weighted by molar-refractivity contribution is 5.85. The van der Waals surface area contributed by atoms with E-state index in [1.807, 2.05) is 0 Å². The molecule has 0 aliphatic heterocycles. The molecule has 88 valence electrons. The van der Waals surface area contributed by atoms with Crippen molar-refractivity contribution in [2.45, 2.75) is 12.8 Å². The second-order valence-electron chi connectivity index (χ2n) is 3.76. The highest BCUT2D eigenvalue weighted by Gasteiger charge is 2.07. The number of phenols is 1. The minimum absolute atomic E-state index is 0.0651. The van der Waals surface area contributed by atoms with Crippen molar-refractivity contribution < 1.29 is 15.0 Å². The van der Waals surface area contributed by atoms with E-state index < -0.39 is 5.97 Å². The normalized spacial score (nSPS) is 10.6. The van der Waals surface area contributed by atoms with Gasteiger partial charge in [-0.15, -0.1) is 0 Å². The van der Waals surface area contributed by atoms with Crippen LogP contribution in [-0.4, -0.2) is 21.2 Å². The monoisotopic (exact) mass is 233 g/mol. The molecule has 1 aromatic heterocycles. The van der Waals surface area contributed by atoms with Gasteiger partial charge in [0.1, 0.15) is 5.75 Å². The van der Waals surface area contributed by atoms with E-state index in [1.165, 1.54) is 12.1 Å². The van der Waals surface area contributed by atoms with Crippen LogP contribution < -0.4 is 5.56 Å². The molecule has 0 aliphatic rings. The van der Waals surface area contributed by atoms with Gasteiger partial charge in [-0.25, -0.2) is 0 Å². The van der Waals surface area contributed by atoms with Gasteiger partial charge < -0.3 is 15.2 Å². The SMILES string of the molecule is O=C(O)CCc1cc2c(O)cccc2[nH]c1=O. The molecule has 0 spiro atoms. The van der Waals surface area contributed by atoms with Crippen molar-refractivity contribution in [2.75, 3.05) is 0 Å². The summed E-state index contributed by atoms with van der Waals surface area (Å²) in [5.74, 6) is -0.892. The molecule has 5 nitrogen and oxygen atoms in total. The smallest absolute Gasteiger partial charge is 0.303 e. The number of aliphatic carboxylic acids is 1. The molecule has 0 amide bonds. The minimum Gasteiger partial charge on any atom is -0.507 e. The number of hydrogen-bond acceptors (Lipinski definition) is 3. The largest absolute Gasteiger partial charge is 0.507 e. The summed E-state index contributed by atoms with van der Waals surface area (Å²) in [5.41, 5.74) is 0.583. The fourth-order valence-electron chi connectivity index (χ4n) is 1.68. The van der Waals surface area contributed by atoms with Crippen LogP contribution in [0.5, 0.6) is 5.75 Å². The highest BCUT2D eigenvalue weighted by atomic mass is 16.4. The molecule has 0 bridgehead atoms. The van der Waals surface area contributed by atoms with Gasteiger partial charge in [-0.2, -0.15) is 0 Å². The van der Waals surface area contributed by atoms with E-state index in [0.29, 0.717) is 16.5 Å². The van der Waals surface area contributed by atoms with Crippen molar-refractivity contribution in [2.24, 2.45) is 0 Å². The molecule has 0 radical (unpaired) electrons. The summed E-state index contributed by atoms with van der Waals surface area (Å²) in [6.45, 7) is 0. The fraction of sp³-hybridized carbons (Fsp3) is 0.167. The van der Waals surface area contributed by atoms with E-state index in [2.05, 4.69) is 4.98 Å². The lowest BCUT2D eigenvalue weighted by atomic mass is 10.1. The quantitative estimate of drug-likeness (QED) is 0.744. The number of rotatable bonds is 3. The molecular formula is C12H11NO4. The molecule has 17 heavy (non-hydrogen) atoms. The molecule has 1 heterocycles. The number of carboxylic acids is 1. The van der Waals surface area contributed by atoms with Gasteiger partial charge in [-0.1, -0.05) is 6.07 Å². The Balaban J connectivity index is 2.50. The van der Waals surface area contributed by atoms with E-state index in [9.17, 15) is 14.7 Å². The van der Waals surface area contributed by atoms with Gasteiger partial charge in [0, 0.05) is 17.4 Å². The predicted molar refractivity (Wildman–Crippen MR) is 62.2 cm³/mol. The Morgan fingerprint density at radius 2 is 2.12 bits per heavy atom. The van der Waals surface area contributed by atoms with Crippen molar-refractivity contribution in [3.8, 4) is 5.75 Å². The maximum Gasteiger partial charge on any atom is 0.303 e. The summed E-state index contributed by atoms with van der Waals surface area (Å²) in [7, 11) is 0. The molecule has 3 N–H and O–H groups in total. The molecule has 5 heteroatoms.